The fourth-order valence-electron chi connectivity index (χ4n) is 1.05. The minimum atomic E-state index is 0.725. The number of nitrogens with zero attached hydrogens (tertiary/aromatic N) is 3. The first-order valence-corrected chi connectivity index (χ1v) is 4.74. The third-order valence-electron chi connectivity index (χ3n) is 1.63. The molecule has 0 fully saturated rings. The van der Waals surface area contributed by atoms with Crippen LogP contribution >= 0.6 is 12.2 Å². The highest BCUT2D eigenvalue weighted by molar-refractivity contribution is 7.80. The maximum atomic E-state index is 5.19. The molecule has 0 aliphatic heterocycles. The van der Waals surface area contributed by atoms with E-state index in [1.165, 1.54) is 0 Å². The molecule has 0 aromatic carbocycles. The molecule has 0 aliphatic rings. The van der Waals surface area contributed by atoms with E-state index in [9.17, 15) is 0 Å². The molecule has 0 unspecified atom stereocenters. The van der Waals surface area contributed by atoms with Gasteiger partial charge in [-0.1, -0.05) is 0 Å². The zero-order valence-electron chi connectivity index (χ0n) is 7.90. The van der Waals surface area contributed by atoms with Crippen molar-refractivity contribution in [2.24, 2.45) is 0 Å². The van der Waals surface area contributed by atoms with Gasteiger partial charge in [-0.05, 0) is 26.1 Å². The molecule has 0 bridgehead atoms. The van der Waals surface area contributed by atoms with Crippen molar-refractivity contribution in [2.75, 3.05) is 18.1 Å². The summed E-state index contributed by atoms with van der Waals surface area (Å²) in [5.74, 6) is 0. The Balaban J connectivity index is 2.68. The smallest absolute Gasteiger partial charge is 0.188 e. The summed E-state index contributed by atoms with van der Waals surface area (Å²) >= 11 is 5.19. The molecule has 0 radical (unpaired) electrons. The first kappa shape index (κ1) is 9.98. The van der Waals surface area contributed by atoms with Gasteiger partial charge in [0.25, 0.3) is 0 Å². The molecular weight excluding hydrogens is 184 g/mol. The second-order valence-electron chi connectivity index (χ2n) is 2.49. The number of hydrogen-bond acceptors (Lipinski definition) is 2. The van der Waals surface area contributed by atoms with E-state index >= 15 is 0 Å². The minimum Gasteiger partial charge on any atom is -0.361 e. The molecule has 1 aromatic rings. The molecular formula is C8H14N4S. The minimum absolute atomic E-state index is 0.725. The predicted octanol–water partition coefficient (Wildman–Crippen LogP) is 0.735. The van der Waals surface area contributed by atoms with Crippen LogP contribution in [0.5, 0.6) is 0 Å². The Hall–Kier alpha value is -1.10. The van der Waals surface area contributed by atoms with Crippen LogP contribution in [0, 0.1) is 0 Å². The van der Waals surface area contributed by atoms with Crippen LogP contribution in [0.4, 0.5) is 0 Å². The molecule has 0 atom stereocenters. The lowest BCUT2D eigenvalue weighted by Gasteiger charge is -2.24. The first-order valence-electron chi connectivity index (χ1n) is 4.33. The van der Waals surface area contributed by atoms with E-state index < -0.39 is 0 Å². The van der Waals surface area contributed by atoms with Crippen molar-refractivity contribution >= 4 is 17.3 Å². The van der Waals surface area contributed by atoms with Crippen molar-refractivity contribution in [2.45, 2.75) is 13.8 Å². The van der Waals surface area contributed by atoms with Crippen molar-refractivity contribution in [3.05, 3.63) is 18.7 Å². The van der Waals surface area contributed by atoms with Crippen molar-refractivity contribution < 1.29 is 0 Å². The van der Waals surface area contributed by atoms with Crippen molar-refractivity contribution in [1.82, 2.24) is 15.0 Å². The number of rotatable bonds is 3. The van der Waals surface area contributed by atoms with E-state index in [1.54, 1.807) is 12.5 Å². The first-order chi connectivity index (χ1) is 6.29. The lowest BCUT2D eigenvalue weighted by Crippen LogP contribution is -2.45. The molecule has 0 saturated carbocycles. The number of aromatic nitrogens is 2. The molecule has 1 rings (SSSR count). The Morgan fingerprint density at radius 1 is 1.62 bits per heavy atom. The molecule has 13 heavy (non-hydrogen) atoms. The summed E-state index contributed by atoms with van der Waals surface area (Å²) in [5.41, 5.74) is 0. The Bertz CT molecular complexity index is 257. The summed E-state index contributed by atoms with van der Waals surface area (Å²) in [6.07, 6.45) is 5.33. The van der Waals surface area contributed by atoms with Gasteiger partial charge in [-0.25, -0.2) is 9.66 Å². The second-order valence-corrected chi connectivity index (χ2v) is 2.88. The fraction of sp³-hybridized carbons (Fsp3) is 0.500. The maximum absolute atomic E-state index is 5.19. The normalized spacial score (nSPS) is 9.69. The lowest BCUT2D eigenvalue weighted by atomic mass is 10.6. The fourth-order valence-corrected chi connectivity index (χ4v) is 1.42. The van der Waals surface area contributed by atoms with E-state index in [-0.39, 0.29) is 0 Å². The van der Waals surface area contributed by atoms with Gasteiger partial charge in [-0.3, -0.25) is 5.01 Å². The SMILES string of the molecule is CCNC(=S)N(CC)n1ccnc1. The highest BCUT2D eigenvalue weighted by Crippen LogP contribution is 1.91. The number of hydrogen-bond donors (Lipinski definition) is 1. The summed E-state index contributed by atoms with van der Waals surface area (Å²) < 4.78 is 1.87. The summed E-state index contributed by atoms with van der Waals surface area (Å²) in [5, 5.41) is 5.75. The standard InChI is InChI=1S/C8H14N4S/c1-3-10-8(13)12(4-2)11-6-5-9-7-11/h5-7H,3-4H2,1-2H3,(H,10,13). The molecule has 1 N–H and O–H groups in total. The molecule has 0 amide bonds. The maximum Gasteiger partial charge on any atom is 0.188 e. The Labute approximate surface area is 83.5 Å². The number of nitrogens with one attached hydrogen (secondary N) is 1. The summed E-state index contributed by atoms with van der Waals surface area (Å²) in [4.78, 5) is 3.97. The quantitative estimate of drug-likeness (QED) is 0.726. The van der Waals surface area contributed by atoms with Crippen LogP contribution < -0.4 is 10.3 Å². The van der Waals surface area contributed by atoms with Gasteiger partial charge >= 0.3 is 0 Å². The van der Waals surface area contributed by atoms with Crippen LogP contribution in [0.1, 0.15) is 13.8 Å². The number of thiocarbonyl (C=S) groups is 1. The summed E-state index contributed by atoms with van der Waals surface area (Å²) in [6.45, 7) is 5.73. The van der Waals surface area contributed by atoms with E-state index in [0.29, 0.717) is 0 Å². The number of imidazole rings is 1. The molecule has 1 aromatic heterocycles. The van der Waals surface area contributed by atoms with Crippen LogP contribution in [0.25, 0.3) is 0 Å². The molecule has 4 nitrogen and oxygen atoms in total. The second kappa shape index (κ2) is 4.81. The molecule has 0 saturated heterocycles. The van der Waals surface area contributed by atoms with Gasteiger partial charge in [0.1, 0.15) is 6.33 Å². The highest BCUT2D eigenvalue weighted by Gasteiger charge is 2.06. The van der Waals surface area contributed by atoms with Crippen molar-refractivity contribution in [1.29, 1.82) is 0 Å². The van der Waals surface area contributed by atoms with Gasteiger partial charge in [-0.15, -0.1) is 0 Å². The Morgan fingerprint density at radius 3 is 2.85 bits per heavy atom. The van der Waals surface area contributed by atoms with Crippen molar-refractivity contribution in [3.63, 3.8) is 0 Å². The average molecular weight is 198 g/mol. The van der Waals surface area contributed by atoms with Crippen LogP contribution in [0.3, 0.4) is 0 Å². The Kier molecular flexibility index (Phi) is 3.70. The molecule has 1 heterocycles. The van der Waals surface area contributed by atoms with E-state index in [2.05, 4.69) is 10.3 Å². The van der Waals surface area contributed by atoms with Gasteiger partial charge < -0.3 is 5.32 Å². The van der Waals surface area contributed by atoms with Crippen LogP contribution in [-0.2, 0) is 0 Å². The van der Waals surface area contributed by atoms with Gasteiger partial charge in [-0.2, -0.15) is 0 Å². The third-order valence-corrected chi connectivity index (χ3v) is 1.99. The lowest BCUT2D eigenvalue weighted by molar-refractivity contribution is 0.718. The summed E-state index contributed by atoms with van der Waals surface area (Å²) in [7, 11) is 0. The third kappa shape index (κ3) is 2.42. The zero-order valence-corrected chi connectivity index (χ0v) is 8.71. The zero-order chi connectivity index (χ0) is 9.68. The van der Waals surface area contributed by atoms with Gasteiger partial charge in [0, 0.05) is 25.5 Å². The molecule has 5 heteroatoms. The largest absolute Gasteiger partial charge is 0.361 e. The topological polar surface area (TPSA) is 33.1 Å². The highest BCUT2D eigenvalue weighted by atomic mass is 32.1. The van der Waals surface area contributed by atoms with E-state index in [0.717, 1.165) is 18.2 Å². The van der Waals surface area contributed by atoms with Gasteiger partial charge in [0.2, 0.25) is 0 Å². The van der Waals surface area contributed by atoms with Crippen LogP contribution in [0.15, 0.2) is 18.7 Å². The van der Waals surface area contributed by atoms with Gasteiger partial charge in [0.15, 0.2) is 5.11 Å². The van der Waals surface area contributed by atoms with Crippen molar-refractivity contribution in [3.8, 4) is 0 Å². The van der Waals surface area contributed by atoms with E-state index in [1.807, 2.05) is 29.7 Å². The molecule has 0 aliphatic carbocycles. The van der Waals surface area contributed by atoms with Crippen LogP contribution in [0.2, 0.25) is 0 Å². The average Bonchev–Trinajstić information content (AvgIpc) is 2.59. The predicted molar refractivity (Wildman–Crippen MR) is 57.3 cm³/mol. The van der Waals surface area contributed by atoms with E-state index in [4.69, 9.17) is 12.2 Å². The molecule has 0 spiro atoms. The molecule has 72 valence electrons. The monoisotopic (exact) mass is 198 g/mol. The Morgan fingerprint density at radius 2 is 2.38 bits per heavy atom. The summed E-state index contributed by atoms with van der Waals surface area (Å²) in [6, 6.07) is 0. The van der Waals surface area contributed by atoms with Gasteiger partial charge in [0.05, 0.1) is 0 Å². The van der Waals surface area contributed by atoms with Crippen LogP contribution in [-0.4, -0.2) is 27.9 Å².